The first kappa shape index (κ1) is 21.6. The van der Waals surface area contributed by atoms with Crippen LogP contribution in [0.1, 0.15) is 26.3 Å². The molecule has 0 spiro atoms. The average Bonchev–Trinajstić information content (AvgIpc) is 2.42. The van der Waals surface area contributed by atoms with Crippen molar-refractivity contribution in [2.45, 2.75) is 26.4 Å². The van der Waals surface area contributed by atoms with E-state index in [1.165, 1.54) is 17.0 Å². The third kappa shape index (κ3) is 8.72. The summed E-state index contributed by atoms with van der Waals surface area (Å²) in [6, 6.07) is 6.18. The van der Waals surface area contributed by atoms with Gasteiger partial charge in [-0.1, -0.05) is 18.7 Å². The fraction of sp³-hybridized carbons (Fsp3) is 0.312. The first-order valence-electron chi connectivity index (χ1n) is 6.74. The van der Waals surface area contributed by atoms with Crippen molar-refractivity contribution in [3.05, 3.63) is 59.5 Å². The molecule has 0 unspecified atom stereocenters. The van der Waals surface area contributed by atoms with Crippen molar-refractivity contribution in [3.8, 4) is 0 Å². The minimum absolute atomic E-state index is 0. The summed E-state index contributed by atoms with van der Waals surface area (Å²) in [4.78, 5) is 23.0. The number of nitro groups is 1. The van der Waals surface area contributed by atoms with Gasteiger partial charge in [0.2, 0.25) is 0 Å². The normalized spacial score (nSPS) is 10.8. The summed E-state index contributed by atoms with van der Waals surface area (Å²) in [5, 5.41) is 10.5. The Kier molecular flexibility index (Phi) is 9.09. The van der Waals surface area contributed by atoms with Gasteiger partial charge >= 0.3 is 6.09 Å². The molecular formula is C16H20N2O4Y-2. The summed E-state index contributed by atoms with van der Waals surface area (Å²) in [7, 11) is 3.62. The summed E-state index contributed by atoms with van der Waals surface area (Å²) in [5.74, 6) is 0. The molecule has 0 aliphatic heterocycles. The van der Waals surface area contributed by atoms with E-state index >= 15 is 0 Å². The largest absolute Gasteiger partial charge is 0.471 e. The first-order valence-corrected chi connectivity index (χ1v) is 6.74. The van der Waals surface area contributed by atoms with Crippen LogP contribution in [0.25, 0.3) is 6.08 Å². The van der Waals surface area contributed by atoms with E-state index in [0.29, 0.717) is 6.54 Å². The standard InChI is InChI=1S/C16H20N2O4.Y/c1-16(2,3)22-15(19)17(4)12-6-5-7-13-8-10-14(11-9-13)18(20)21;/h5-11H,4,12H2,1-3H3;/q-2;/b7-5+;. The molecule has 0 aliphatic carbocycles. The fourth-order valence-electron chi connectivity index (χ4n) is 1.48. The fourth-order valence-corrected chi connectivity index (χ4v) is 1.48. The number of hydrogen-bond donors (Lipinski definition) is 0. The maximum atomic E-state index is 11.7. The quantitative estimate of drug-likeness (QED) is 0.433. The summed E-state index contributed by atoms with van der Waals surface area (Å²) in [6.45, 7) is 5.67. The van der Waals surface area contributed by atoms with Gasteiger partial charge in [0.1, 0.15) is 5.60 Å². The average molecular weight is 393 g/mol. The number of amides is 1. The van der Waals surface area contributed by atoms with Crippen molar-refractivity contribution in [1.29, 1.82) is 0 Å². The van der Waals surface area contributed by atoms with Crippen LogP contribution in [-0.4, -0.2) is 28.1 Å². The van der Waals surface area contributed by atoms with Gasteiger partial charge < -0.3 is 9.64 Å². The van der Waals surface area contributed by atoms with Crippen LogP contribution in [0.5, 0.6) is 0 Å². The zero-order valence-electron chi connectivity index (χ0n) is 13.6. The molecule has 0 saturated heterocycles. The Morgan fingerprint density at radius 3 is 2.43 bits per heavy atom. The monoisotopic (exact) mass is 393 g/mol. The molecule has 6 nitrogen and oxygen atoms in total. The van der Waals surface area contributed by atoms with E-state index in [1.54, 1.807) is 51.5 Å². The van der Waals surface area contributed by atoms with Crippen molar-refractivity contribution < 1.29 is 47.2 Å². The van der Waals surface area contributed by atoms with E-state index in [2.05, 4.69) is 7.05 Å². The molecule has 0 aromatic heterocycles. The molecule has 1 amide bonds. The molecular weight excluding hydrogens is 373 g/mol. The Labute approximate surface area is 161 Å². The van der Waals surface area contributed by atoms with Crippen LogP contribution in [0, 0.1) is 23.6 Å². The van der Waals surface area contributed by atoms with Crippen molar-refractivity contribution in [1.82, 2.24) is 4.90 Å². The SMILES string of the molecule is [CH2-]N(C[CH-]/C=C/c1ccc([N+](=O)[O-])cc1)C(=O)OC(C)(C)C.[Y]. The molecule has 123 valence electrons. The Bertz CT molecular complexity index is 550. The molecule has 0 bridgehead atoms. The molecule has 7 heteroatoms. The molecule has 1 aromatic rings. The van der Waals surface area contributed by atoms with E-state index in [-0.39, 0.29) is 38.4 Å². The van der Waals surface area contributed by atoms with Crippen molar-refractivity contribution in [2.75, 3.05) is 6.54 Å². The number of ether oxygens (including phenoxy) is 1. The maximum absolute atomic E-state index is 11.7. The number of nitro benzene ring substituents is 1. The number of benzene rings is 1. The zero-order chi connectivity index (χ0) is 16.8. The van der Waals surface area contributed by atoms with Crippen LogP contribution in [0.3, 0.4) is 0 Å². The molecule has 0 saturated carbocycles. The van der Waals surface area contributed by atoms with Crippen molar-refractivity contribution >= 4 is 17.9 Å². The Morgan fingerprint density at radius 1 is 1.39 bits per heavy atom. The zero-order valence-corrected chi connectivity index (χ0v) is 16.4. The number of hydrogen-bond acceptors (Lipinski definition) is 4. The predicted octanol–water partition coefficient (Wildman–Crippen LogP) is 3.84. The van der Waals surface area contributed by atoms with Crippen LogP contribution in [-0.2, 0) is 37.4 Å². The van der Waals surface area contributed by atoms with Crippen molar-refractivity contribution in [3.63, 3.8) is 0 Å². The summed E-state index contributed by atoms with van der Waals surface area (Å²) >= 11 is 0. The Morgan fingerprint density at radius 2 is 1.96 bits per heavy atom. The van der Waals surface area contributed by atoms with Crippen LogP contribution >= 0.6 is 0 Å². The van der Waals surface area contributed by atoms with Gasteiger partial charge in [0.15, 0.2) is 0 Å². The van der Waals surface area contributed by atoms with Crippen LogP contribution in [0.4, 0.5) is 10.5 Å². The molecule has 1 aromatic carbocycles. The van der Waals surface area contributed by atoms with E-state index in [0.717, 1.165) is 5.56 Å². The second kappa shape index (κ2) is 9.68. The molecule has 1 rings (SSSR count). The number of carbonyl (C=O) groups is 1. The number of rotatable bonds is 5. The van der Waals surface area contributed by atoms with Gasteiger partial charge in [0.05, 0.1) is 4.92 Å². The maximum Gasteiger partial charge on any atom is 0.379 e. The first-order chi connectivity index (χ1) is 10.2. The Hall–Kier alpha value is -1.40. The topological polar surface area (TPSA) is 72.7 Å². The van der Waals surface area contributed by atoms with Gasteiger partial charge in [-0.3, -0.25) is 17.2 Å². The van der Waals surface area contributed by atoms with Gasteiger partial charge in [-0.05, 0) is 20.8 Å². The molecule has 0 N–H and O–H groups in total. The van der Waals surface area contributed by atoms with Gasteiger partial charge in [-0.25, -0.2) is 23.4 Å². The second-order valence-electron chi connectivity index (χ2n) is 5.65. The van der Waals surface area contributed by atoms with E-state index < -0.39 is 16.6 Å². The van der Waals surface area contributed by atoms with Crippen LogP contribution in [0.2, 0.25) is 0 Å². The van der Waals surface area contributed by atoms with E-state index in [9.17, 15) is 14.9 Å². The smallest absolute Gasteiger partial charge is 0.379 e. The Balaban J connectivity index is 0.00000484. The number of non-ortho nitro benzene ring substituents is 1. The molecule has 23 heavy (non-hydrogen) atoms. The molecule has 0 aliphatic rings. The predicted molar refractivity (Wildman–Crippen MR) is 84.7 cm³/mol. The third-order valence-corrected chi connectivity index (χ3v) is 2.51. The number of nitrogens with zero attached hydrogens (tertiary/aromatic N) is 2. The molecule has 1 radical (unpaired) electrons. The second-order valence-corrected chi connectivity index (χ2v) is 5.65. The van der Waals surface area contributed by atoms with Gasteiger partial charge in [-0.15, -0.1) is 5.56 Å². The summed E-state index contributed by atoms with van der Waals surface area (Å²) in [6.07, 6.45) is 4.79. The van der Waals surface area contributed by atoms with E-state index in [4.69, 9.17) is 4.74 Å². The van der Waals surface area contributed by atoms with Crippen molar-refractivity contribution in [2.24, 2.45) is 0 Å². The minimum Gasteiger partial charge on any atom is -0.471 e. The van der Waals surface area contributed by atoms with Gasteiger partial charge in [0.25, 0.3) is 5.69 Å². The summed E-state index contributed by atoms with van der Waals surface area (Å²) < 4.78 is 5.17. The van der Waals surface area contributed by atoms with Gasteiger partial charge in [-0.2, -0.15) is 0 Å². The summed E-state index contributed by atoms with van der Waals surface area (Å²) in [5.41, 5.74) is 0.325. The van der Waals surface area contributed by atoms with E-state index in [1.807, 2.05) is 0 Å². The van der Waals surface area contributed by atoms with Crippen LogP contribution in [0.15, 0.2) is 30.3 Å². The minimum atomic E-state index is -0.554. The molecule has 0 fully saturated rings. The van der Waals surface area contributed by atoms with Gasteiger partial charge in [0, 0.05) is 44.8 Å². The number of carbonyl (C=O) groups excluding carboxylic acids is 1. The van der Waals surface area contributed by atoms with Crippen LogP contribution < -0.4 is 0 Å². The molecule has 0 atom stereocenters. The third-order valence-electron chi connectivity index (χ3n) is 2.51. The molecule has 0 heterocycles.